The first-order chi connectivity index (χ1) is 9.26. The molecule has 0 unspecified atom stereocenters. The second-order valence-corrected chi connectivity index (χ2v) is 4.73. The van der Waals surface area contributed by atoms with E-state index in [4.69, 9.17) is 4.74 Å². The van der Waals surface area contributed by atoms with Gasteiger partial charge in [0.1, 0.15) is 5.75 Å². The Bertz CT molecular complexity index is 543. The van der Waals surface area contributed by atoms with E-state index in [9.17, 15) is 0 Å². The molecule has 0 aliphatic rings. The van der Waals surface area contributed by atoms with Gasteiger partial charge in [0.2, 0.25) is 0 Å². The summed E-state index contributed by atoms with van der Waals surface area (Å²) in [5.74, 6) is 1.25. The van der Waals surface area contributed by atoms with Gasteiger partial charge in [0, 0.05) is 11.5 Å². The van der Waals surface area contributed by atoms with Crippen molar-refractivity contribution < 1.29 is 4.74 Å². The Kier molecular flexibility index (Phi) is 4.40. The molecule has 0 amide bonds. The lowest BCUT2D eigenvalue weighted by Crippen LogP contribution is -2.03. The molecule has 0 saturated heterocycles. The molecule has 0 spiro atoms. The van der Waals surface area contributed by atoms with Crippen LogP contribution in [0.5, 0.6) is 5.75 Å². The SMILES string of the molecule is C=CC[C@H](c1ccccc1)c1cc(C)ccc1OC. The summed E-state index contributed by atoms with van der Waals surface area (Å²) in [5, 5.41) is 0. The van der Waals surface area contributed by atoms with Gasteiger partial charge >= 0.3 is 0 Å². The second kappa shape index (κ2) is 6.24. The molecular formula is C18H20O. The largest absolute Gasteiger partial charge is 0.496 e. The number of hydrogen-bond donors (Lipinski definition) is 0. The summed E-state index contributed by atoms with van der Waals surface area (Å²) in [7, 11) is 1.73. The highest BCUT2D eigenvalue weighted by Gasteiger charge is 2.17. The molecule has 2 rings (SSSR count). The minimum atomic E-state index is 0.300. The first kappa shape index (κ1) is 13.4. The van der Waals surface area contributed by atoms with E-state index in [0.717, 1.165) is 12.2 Å². The molecule has 0 bridgehead atoms. The number of benzene rings is 2. The van der Waals surface area contributed by atoms with Crippen molar-refractivity contribution in [1.29, 1.82) is 0 Å². The molecule has 0 aliphatic heterocycles. The average Bonchev–Trinajstić information content (AvgIpc) is 2.45. The molecule has 1 heteroatoms. The van der Waals surface area contributed by atoms with Crippen LogP contribution < -0.4 is 4.74 Å². The number of aryl methyl sites for hydroxylation is 1. The molecule has 1 nitrogen and oxygen atoms in total. The normalized spacial score (nSPS) is 11.9. The van der Waals surface area contributed by atoms with Crippen molar-refractivity contribution in [2.75, 3.05) is 7.11 Å². The van der Waals surface area contributed by atoms with Crippen molar-refractivity contribution in [3.63, 3.8) is 0 Å². The Morgan fingerprint density at radius 3 is 2.53 bits per heavy atom. The van der Waals surface area contributed by atoms with Crippen molar-refractivity contribution in [1.82, 2.24) is 0 Å². The summed E-state index contributed by atoms with van der Waals surface area (Å²) in [6.07, 6.45) is 2.88. The summed E-state index contributed by atoms with van der Waals surface area (Å²) in [6.45, 7) is 6.00. The molecule has 2 aromatic rings. The maximum Gasteiger partial charge on any atom is 0.122 e. The van der Waals surface area contributed by atoms with E-state index in [2.05, 4.69) is 49.9 Å². The van der Waals surface area contributed by atoms with E-state index in [1.54, 1.807) is 7.11 Å². The van der Waals surface area contributed by atoms with Gasteiger partial charge < -0.3 is 4.74 Å². The Morgan fingerprint density at radius 1 is 1.16 bits per heavy atom. The van der Waals surface area contributed by atoms with Gasteiger partial charge in [0.05, 0.1) is 7.11 Å². The zero-order chi connectivity index (χ0) is 13.7. The van der Waals surface area contributed by atoms with Crippen LogP contribution in [0.25, 0.3) is 0 Å². The van der Waals surface area contributed by atoms with Crippen LogP contribution in [0.3, 0.4) is 0 Å². The highest BCUT2D eigenvalue weighted by atomic mass is 16.5. The minimum Gasteiger partial charge on any atom is -0.496 e. The molecule has 0 N–H and O–H groups in total. The first-order valence-corrected chi connectivity index (χ1v) is 6.56. The van der Waals surface area contributed by atoms with Crippen LogP contribution in [0.1, 0.15) is 29.0 Å². The van der Waals surface area contributed by atoms with Crippen LogP contribution >= 0.6 is 0 Å². The quantitative estimate of drug-likeness (QED) is 0.700. The van der Waals surface area contributed by atoms with Crippen LogP contribution in [-0.2, 0) is 0 Å². The van der Waals surface area contributed by atoms with Crippen LogP contribution in [0, 0.1) is 6.92 Å². The lowest BCUT2D eigenvalue weighted by Gasteiger charge is -2.19. The average molecular weight is 252 g/mol. The van der Waals surface area contributed by atoms with Crippen molar-refractivity contribution >= 4 is 0 Å². The van der Waals surface area contributed by atoms with E-state index in [1.807, 2.05) is 18.2 Å². The molecule has 0 heterocycles. The van der Waals surface area contributed by atoms with E-state index >= 15 is 0 Å². The topological polar surface area (TPSA) is 9.23 Å². The van der Waals surface area contributed by atoms with Crippen LogP contribution in [0.2, 0.25) is 0 Å². The van der Waals surface area contributed by atoms with Gasteiger partial charge in [-0.05, 0) is 25.0 Å². The van der Waals surface area contributed by atoms with Crippen LogP contribution in [0.15, 0.2) is 61.2 Å². The molecule has 98 valence electrons. The van der Waals surface area contributed by atoms with Gasteiger partial charge in [-0.3, -0.25) is 0 Å². The fourth-order valence-electron chi connectivity index (χ4n) is 2.42. The highest BCUT2D eigenvalue weighted by Crippen LogP contribution is 2.35. The number of allylic oxidation sites excluding steroid dienone is 1. The third-order valence-corrected chi connectivity index (χ3v) is 3.36. The Hall–Kier alpha value is -2.02. The van der Waals surface area contributed by atoms with E-state index in [1.165, 1.54) is 16.7 Å². The summed E-state index contributed by atoms with van der Waals surface area (Å²) >= 11 is 0. The molecule has 0 fully saturated rings. The maximum absolute atomic E-state index is 5.51. The lowest BCUT2D eigenvalue weighted by molar-refractivity contribution is 0.407. The lowest BCUT2D eigenvalue weighted by atomic mass is 9.87. The number of hydrogen-bond acceptors (Lipinski definition) is 1. The second-order valence-electron chi connectivity index (χ2n) is 4.73. The fraction of sp³-hybridized carbons (Fsp3) is 0.222. The molecule has 0 aromatic heterocycles. The van der Waals surface area contributed by atoms with Crippen molar-refractivity contribution in [2.24, 2.45) is 0 Å². The standard InChI is InChI=1S/C18H20O/c1-4-8-16(15-9-6-5-7-10-15)17-13-14(2)11-12-18(17)19-3/h4-7,9-13,16H,1,8H2,2-3H3/t16-/m1/s1. The highest BCUT2D eigenvalue weighted by molar-refractivity contribution is 5.44. The van der Waals surface area contributed by atoms with Crippen molar-refractivity contribution in [3.05, 3.63) is 77.9 Å². The third-order valence-electron chi connectivity index (χ3n) is 3.36. The zero-order valence-electron chi connectivity index (χ0n) is 11.6. The van der Waals surface area contributed by atoms with Crippen LogP contribution in [0.4, 0.5) is 0 Å². The molecule has 19 heavy (non-hydrogen) atoms. The first-order valence-electron chi connectivity index (χ1n) is 6.56. The number of rotatable bonds is 5. The van der Waals surface area contributed by atoms with Gasteiger partial charge in [-0.2, -0.15) is 0 Å². The molecule has 0 saturated carbocycles. The number of ether oxygens (including phenoxy) is 1. The molecule has 0 radical (unpaired) electrons. The van der Waals surface area contributed by atoms with Crippen molar-refractivity contribution in [3.8, 4) is 5.75 Å². The van der Waals surface area contributed by atoms with Gasteiger partial charge in [-0.25, -0.2) is 0 Å². The molecule has 0 aliphatic carbocycles. The maximum atomic E-state index is 5.51. The van der Waals surface area contributed by atoms with Crippen LogP contribution in [-0.4, -0.2) is 7.11 Å². The fourth-order valence-corrected chi connectivity index (χ4v) is 2.42. The third kappa shape index (κ3) is 3.05. The predicted molar refractivity (Wildman–Crippen MR) is 80.8 cm³/mol. The molecule has 2 aromatic carbocycles. The van der Waals surface area contributed by atoms with Gasteiger partial charge in [-0.1, -0.05) is 54.1 Å². The molecule has 1 atom stereocenters. The smallest absolute Gasteiger partial charge is 0.122 e. The predicted octanol–water partition coefficient (Wildman–Crippen LogP) is 4.71. The summed E-state index contributed by atoms with van der Waals surface area (Å²) in [5.41, 5.74) is 3.78. The van der Waals surface area contributed by atoms with E-state index < -0.39 is 0 Å². The number of methoxy groups -OCH3 is 1. The van der Waals surface area contributed by atoms with E-state index in [-0.39, 0.29) is 0 Å². The molecular weight excluding hydrogens is 232 g/mol. The minimum absolute atomic E-state index is 0.300. The monoisotopic (exact) mass is 252 g/mol. The zero-order valence-corrected chi connectivity index (χ0v) is 11.6. The Labute approximate surface area is 115 Å². The Morgan fingerprint density at radius 2 is 1.89 bits per heavy atom. The summed E-state index contributed by atoms with van der Waals surface area (Å²) in [4.78, 5) is 0. The van der Waals surface area contributed by atoms with Crippen molar-refractivity contribution in [2.45, 2.75) is 19.3 Å². The van der Waals surface area contributed by atoms with E-state index in [0.29, 0.717) is 5.92 Å². The van der Waals surface area contributed by atoms with Gasteiger partial charge in [0.15, 0.2) is 0 Å². The summed E-state index contributed by atoms with van der Waals surface area (Å²) < 4.78 is 5.51. The van der Waals surface area contributed by atoms with Gasteiger partial charge in [0.25, 0.3) is 0 Å². The van der Waals surface area contributed by atoms with Gasteiger partial charge in [-0.15, -0.1) is 6.58 Å². The summed E-state index contributed by atoms with van der Waals surface area (Å²) in [6, 6.07) is 16.9. The Balaban J connectivity index is 2.50.